The van der Waals surface area contributed by atoms with Crippen molar-refractivity contribution in [1.29, 1.82) is 0 Å². The van der Waals surface area contributed by atoms with Crippen LogP contribution in [0.5, 0.6) is 0 Å². The van der Waals surface area contributed by atoms with Gasteiger partial charge >= 0.3 is 5.97 Å². The summed E-state index contributed by atoms with van der Waals surface area (Å²) >= 11 is 0. The van der Waals surface area contributed by atoms with Crippen LogP contribution in [0.3, 0.4) is 0 Å². The number of ketones is 1. The van der Waals surface area contributed by atoms with E-state index in [1.165, 1.54) is 12.0 Å². The number of nitrogens with zero attached hydrogens (tertiary/aromatic N) is 1. The molecule has 1 atom stereocenters. The lowest BCUT2D eigenvalue weighted by atomic mass is 10.00. The van der Waals surface area contributed by atoms with Gasteiger partial charge in [0.2, 0.25) is 0 Å². The molecular formula is C21H23NO4. The lowest BCUT2D eigenvalue weighted by molar-refractivity contribution is -0.147. The lowest BCUT2D eigenvalue weighted by Crippen LogP contribution is -2.50. The fourth-order valence-electron chi connectivity index (χ4n) is 2.79. The lowest BCUT2D eigenvalue weighted by Gasteiger charge is -2.32. The number of hydrogen-bond acceptors (Lipinski definition) is 4. The summed E-state index contributed by atoms with van der Waals surface area (Å²) < 4.78 is 4.88. The summed E-state index contributed by atoms with van der Waals surface area (Å²) in [5.74, 6) is -1.35. The highest BCUT2D eigenvalue weighted by Gasteiger charge is 2.35. The van der Waals surface area contributed by atoms with Gasteiger partial charge in [-0.3, -0.25) is 9.59 Å². The number of ether oxygens (including phenoxy) is 1. The molecule has 1 amide bonds. The van der Waals surface area contributed by atoms with Crippen molar-refractivity contribution < 1.29 is 19.1 Å². The standard InChI is InChI=1S/C21H23NO4/c1-15(2)19(21(25)26-3)22(20(24)17-12-8-5-9-13-17)14-18(23)16-10-6-4-7-11-16/h4-13,15,19H,14H2,1-3H3/t19-/m1/s1. The Morgan fingerprint density at radius 3 is 1.85 bits per heavy atom. The molecule has 0 aromatic heterocycles. The minimum atomic E-state index is -0.847. The van der Waals surface area contributed by atoms with Gasteiger partial charge in [-0.15, -0.1) is 0 Å². The molecule has 136 valence electrons. The second kappa shape index (κ2) is 8.94. The predicted molar refractivity (Wildman–Crippen MR) is 98.9 cm³/mol. The normalized spacial score (nSPS) is 11.7. The summed E-state index contributed by atoms with van der Waals surface area (Å²) in [5.41, 5.74) is 0.911. The number of methoxy groups -OCH3 is 1. The highest BCUT2D eigenvalue weighted by molar-refractivity contribution is 6.03. The van der Waals surface area contributed by atoms with Crippen LogP contribution in [-0.2, 0) is 9.53 Å². The van der Waals surface area contributed by atoms with Crippen LogP contribution in [0, 0.1) is 5.92 Å². The summed E-state index contributed by atoms with van der Waals surface area (Å²) in [6, 6.07) is 16.5. The molecule has 0 aliphatic heterocycles. The first kappa shape index (κ1) is 19.4. The summed E-state index contributed by atoms with van der Waals surface area (Å²) in [6.07, 6.45) is 0. The number of rotatable bonds is 7. The van der Waals surface area contributed by atoms with Crippen molar-refractivity contribution in [3.8, 4) is 0 Å². The zero-order chi connectivity index (χ0) is 19.1. The third-order valence-electron chi connectivity index (χ3n) is 4.10. The number of amides is 1. The zero-order valence-corrected chi connectivity index (χ0v) is 15.2. The van der Waals surface area contributed by atoms with E-state index in [0.29, 0.717) is 11.1 Å². The van der Waals surface area contributed by atoms with Gasteiger partial charge in [-0.1, -0.05) is 62.4 Å². The Bertz CT molecular complexity index is 756. The predicted octanol–water partition coefficient (Wildman–Crippen LogP) is 3.21. The fourth-order valence-corrected chi connectivity index (χ4v) is 2.79. The molecule has 0 bridgehead atoms. The fraction of sp³-hybridized carbons (Fsp3) is 0.286. The van der Waals surface area contributed by atoms with E-state index < -0.39 is 12.0 Å². The molecule has 2 aromatic carbocycles. The maximum Gasteiger partial charge on any atom is 0.328 e. The Hall–Kier alpha value is -2.95. The molecule has 26 heavy (non-hydrogen) atoms. The Morgan fingerprint density at radius 2 is 1.38 bits per heavy atom. The van der Waals surface area contributed by atoms with Crippen molar-refractivity contribution in [2.45, 2.75) is 19.9 Å². The summed E-state index contributed by atoms with van der Waals surface area (Å²) in [7, 11) is 1.28. The first-order valence-corrected chi connectivity index (χ1v) is 8.47. The Balaban J connectivity index is 2.39. The van der Waals surface area contributed by atoms with Gasteiger partial charge in [-0.05, 0) is 18.1 Å². The van der Waals surface area contributed by atoms with Crippen molar-refractivity contribution in [2.24, 2.45) is 5.92 Å². The molecule has 0 spiro atoms. The van der Waals surface area contributed by atoms with Gasteiger partial charge in [0.1, 0.15) is 6.04 Å². The number of Topliss-reactive ketones (excluding diaryl/α,β-unsaturated/α-hetero) is 1. The van der Waals surface area contributed by atoms with E-state index in [0.717, 1.165) is 0 Å². The van der Waals surface area contributed by atoms with Gasteiger partial charge in [-0.2, -0.15) is 0 Å². The topological polar surface area (TPSA) is 63.7 Å². The molecule has 5 nitrogen and oxygen atoms in total. The minimum Gasteiger partial charge on any atom is -0.467 e. The zero-order valence-electron chi connectivity index (χ0n) is 15.2. The van der Waals surface area contributed by atoms with Gasteiger partial charge in [-0.25, -0.2) is 4.79 Å². The Labute approximate surface area is 153 Å². The average molecular weight is 353 g/mol. The first-order valence-electron chi connectivity index (χ1n) is 8.47. The second-order valence-corrected chi connectivity index (χ2v) is 6.30. The van der Waals surface area contributed by atoms with Crippen molar-refractivity contribution in [3.63, 3.8) is 0 Å². The molecule has 0 unspecified atom stereocenters. The molecule has 0 heterocycles. The molecule has 0 N–H and O–H groups in total. The number of benzene rings is 2. The summed E-state index contributed by atoms with van der Waals surface area (Å²) in [6.45, 7) is 3.44. The molecule has 0 fully saturated rings. The van der Waals surface area contributed by atoms with Crippen LogP contribution in [0.2, 0.25) is 0 Å². The maximum atomic E-state index is 13.0. The maximum absolute atomic E-state index is 13.0. The van der Waals surface area contributed by atoms with Crippen molar-refractivity contribution in [2.75, 3.05) is 13.7 Å². The largest absolute Gasteiger partial charge is 0.467 e. The van der Waals surface area contributed by atoms with Gasteiger partial charge < -0.3 is 9.64 Å². The molecule has 5 heteroatoms. The monoisotopic (exact) mass is 353 g/mol. The van der Waals surface area contributed by atoms with Crippen molar-refractivity contribution in [3.05, 3.63) is 71.8 Å². The highest BCUT2D eigenvalue weighted by Crippen LogP contribution is 2.18. The second-order valence-electron chi connectivity index (χ2n) is 6.30. The van der Waals surface area contributed by atoms with Crippen LogP contribution in [0.1, 0.15) is 34.6 Å². The highest BCUT2D eigenvalue weighted by atomic mass is 16.5. The molecule has 0 aliphatic rings. The van der Waals surface area contributed by atoms with Crippen LogP contribution in [0.4, 0.5) is 0 Å². The minimum absolute atomic E-state index is 0.199. The van der Waals surface area contributed by atoms with E-state index in [2.05, 4.69) is 0 Å². The van der Waals surface area contributed by atoms with Crippen molar-refractivity contribution in [1.82, 2.24) is 4.90 Å². The molecule has 0 radical (unpaired) electrons. The molecule has 2 aromatic rings. The van der Waals surface area contributed by atoms with E-state index in [4.69, 9.17) is 4.74 Å². The molecular weight excluding hydrogens is 330 g/mol. The van der Waals surface area contributed by atoms with Crippen LogP contribution < -0.4 is 0 Å². The Kier molecular flexibility index (Phi) is 6.67. The van der Waals surface area contributed by atoms with E-state index in [1.54, 1.807) is 54.6 Å². The summed E-state index contributed by atoms with van der Waals surface area (Å²) in [5, 5.41) is 0. The molecule has 0 aliphatic carbocycles. The van der Waals surface area contributed by atoms with Gasteiger partial charge in [0, 0.05) is 11.1 Å². The molecule has 0 saturated heterocycles. The third-order valence-corrected chi connectivity index (χ3v) is 4.10. The average Bonchev–Trinajstić information content (AvgIpc) is 2.67. The third kappa shape index (κ3) is 4.57. The number of carbonyl (C=O) groups excluding carboxylic acids is 3. The quantitative estimate of drug-likeness (QED) is 0.566. The van der Waals surface area contributed by atoms with E-state index in [9.17, 15) is 14.4 Å². The van der Waals surface area contributed by atoms with Crippen molar-refractivity contribution >= 4 is 17.7 Å². The molecule has 0 saturated carbocycles. The van der Waals surface area contributed by atoms with Gasteiger partial charge in [0.25, 0.3) is 5.91 Å². The van der Waals surface area contributed by atoms with E-state index >= 15 is 0 Å². The van der Waals surface area contributed by atoms with E-state index in [-0.39, 0.29) is 24.2 Å². The smallest absolute Gasteiger partial charge is 0.328 e. The van der Waals surface area contributed by atoms with Crippen LogP contribution >= 0.6 is 0 Å². The number of carbonyl (C=O) groups is 3. The van der Waals surface area contributed by atoms with Gasteiger partial charge in [0.05, 0.1) is 13.7 Å². The van der Waals surface area contributed by atoms with E-state index in [1.807, 2.05) is 19.9 Å². The Morgan fingerprint density at radius 1 is 0.885 bits per heavy atom. The SMILES string of the molecule is COC(=O)[C@@H](C(C)C)N(CC(=O)c1ccccc1)C(=O)c1ccccc1. The number of hydrogen-bond donors (Lipinski definition) is 0. The number of esters is 1. The van der Waals surface area contributed by atoms with Crippen LogP contribution in [-0.4, -0.2) is 42.3 Å². The first-order chi connectivity index (χ1) is 12.5. The summed E-state index contributed by atoms with van der Waals surface area (Å²) in [4.78, 5) is 39.4. The molecule has 2 rings (SSSR count). The van der Waals surface area contributed by atoms with Gasteiger partial charge in [0.15, 0.2) is 5.78 Å². The van der Waals surface area contributed by atoms with Crippen LogP contribution in [0.25, 0.3) is 0 Å². The van der Waals surface area contributed by atoms with Crippen LogP contribution in [0.15, 0.2) is 60.7 Å².